The van der Waals surface area contributed by atoms with E-state index in [-0.39, 0.29) is 11.7 Å². The molecule has 0 aromatic carbocycles. The van der Waals surface area contributed by atoms with Crippen molar-refractivity contribution >= 4 is 17.7 Å². The maximum Gasteiger partial charge on any atom is 0.344 e. The number of likely N-dealkylation sites (N-methyl/N-ethyl adjacent to an activating group) is 1. The lowest BCUT2D eigenvalue weighted by atomic mass is 10.2. The van der Waals surface area contributed by atoms with Crippen LogP contribution in [-0.2, 0) is 4.79 Å². The van der Waals surface area contributed by atoms with E-state index in [9.17, 15) is 9.59 Å². The molecule has 0 aliphatic carbocycles. The van der Waals surface area contributed by atoms with Gasteiger partial charge in [-0.05, 0) is 27.3 Å². The van der Waals surface area contributed by atoms with Crippen molar-refractivity contribution in [1.82, 2.24) is 20.1 Å². The lowest BCUT2D eigenvalue weighted by Crippen LogP contribution is -2.34. The van der Waals surface area contributed by atoms with Crippen molar-refractivity contribution in [3.05, 3.63) is 10.5 Å². The van der Waals surface area contributed by atoms with Crippen molar-refractivity contribution in [2.75, 3.05) is 12.8 Å². The highest BCUT2D eigenvalue weighted by atomic mass is 32.2. The van der Waals surface area contributed by atoms with Crippen LogP contribution in [0.15, 0.2) is 9.95 Å². The number of carboxylic acid groups (broad SMARTS) is 1. The molecule has 0 spiro atoms. The summed E-state index contributed by atoms with van der Waals surface area (Å²) in [5.74, 6) is -0.296. The number of hydrogen-bond acceptors (Lipinski definition) is 5. The molecule has 8 heteroatoms. The van der Waals surface area contributed by atoms with Gasteiger partial charge in [0.05, 0.1) is 0 Å². The highest BCUT2D eigenvalue weighted by Crippen LogP contribution is 2.18. The Morgan fingerprint density at radius 3 is 2.78 bits per heavy atom. The zero-order chi connectivity index (χ0) is 13.7. The van der Waals surface area contributed by atoms with Crippen molar-refractivity contribution in [1.29, 1.82) is 0 Å². The Morgan fingerprint density at radius 1 is 1.61 bits per heavy atom. The zero-order valence-corrected chi connectivity index (χ0v) is 11.5. The van der Waals surface area contributed by atoms with Crippen LogP contribution in [0.2, 0.25) is 0 Å². The maximum atomic E-state index is 11.5. The monoisotopic (exact) mass is 274 g/mol. The summed E-state index contributed by atoms with van der Waals surface area (Å²) in [6, 6.07) is -0.547. The summed E-state index contributed by atoms with van der Waals surface area (Å²) in [5.41, 5.74) is -0.240. The molecule has 0 aliphatic rings. The molecule has 1 atom stereocenters. The normalized spacial score (nSPS) is 12.9. The van der Waals surface area contributed by atoms with E-state index in [2.05, 4.69) is 15.5 Å². The Morgan fingerprint density at radius 2 is 2.28 bits per heavy atom. The third-order valence-corrected chi connectivity index (χ3v) is 3.46. The molecule has 0 bridgehead atoms. The average Bonchev–Trinajstić information content (AvgIpc) is 2.65. The molecule has 0 fully saturated rings. The van der Waals surface area contributed by atoms with E-state index >= 15 is 0 Å². The first-order valence-electron chi connectivity index (χ1n) is 5.67. The predicted octanol–water partition coefficient (Wildman–Crippen LogP) is 0.307. The molecule has 1 heterocycles. The van der Waals surface area contributed by atoms with Gasteiger partial charge in [0.2, 0.25) is 0 Å². The number of aromatic nitrogens is 3. The van der Waals surface area contributed by atoms with Crippen LogP contribution in [-0.4, -0.2) is 44.7 Å². The third-order valence-electron chi connectivity index (χ3n) is 2.47. The Balaban J connectivity index is 2.59. The van der Waals surface area contributed by atoms with Crippen molar-refractivity contribution in [2.24, 2.45) is 0 Å². The molecule has 1 unspecified atom stereocenters. The first-order valence-corrected chi connectivity index (χ1v) is 6.65. The summed E-state index contributed by atoms with van der Waals surface area (Å²) < 4.78 is 1.56. The van der Waals surface area contributed by atoms with Crippen molar-refractivity contribution in [2.45, 2.75) is 37.5 Å². The topological polar surface area (TPSA) is 100 Å². The number of nitrogens with zero attached hydrogens (tertiary/aromatic N) is 2. The van der Waals surface area contributed by atoms with E-state index < -0.39 is 12.0 Å². The van der Waals surface area contributed by atoms with Crippen LogP contribution >= 0.6 is 11.8 Å². The molecule has 0 radical (unpaired) electrons. The molecule has 1 rings (SSSR count). The van der Waals surface area contributed by atoms with Gasteiger partial charge in [0, 0.05) is 11.8 Å². The summed E-state index contributed by atoms with van der Waals surface area (Å²) >= 11 is 1.37. The Hall–Kier alpha value is -1.28. The summed E-state index contributed by atoms with van der Waals surface area (Å²) in [4.78, 5) is 22.3. The van der Waals surface area contributed by atoms with Crippen LogP contribution in [0.4, 0.5) is 0 Å². The van der Waals surface area contributed by atoms with Gasteiger partial charge in [-0.1, -0.05) is 11.8 Å². The van der Waals surface area contributed by atoms with Crippen LogP contribution in [0.25, 0.3) is 0 Å². The number of aliphatic carboxylic acids is 1. The van der Waals surface area contributed by atoms with Crippen LogP contribution < -0.4 is 11.0 Å². The van der Waals surface area contributed by atoms with E-state index in [1.807, 2.05) is 13.8 Å². The lowest BCUT2D eigenvalue weighted by Gasteiger charge is -2.11. The van der Waals surface area contributed by atoms with Gasteiger partial charge in [0.25, 0.3) is 0 Å². The SMILES string of the molecule is CNC(CCSc1n[nH]c(=O)n1C(C)C)C(=O)O. The second-order valence-electron chi connectivity index (χ2n) is 4.09. The Labute approximate surface area is 109 Å². The predicted molar refractivity (Wildman–Crippen MR) is 69.1 cm³/mol. The molecule has 7 nitrogen and oxygen atoms in total. The minimum Gasteiger partial charge on any atom is -0.480 e. The van der Waals surface area contributed by atoms with Crippen molar-refractivity contribution in [3.8, 4) is 0 Å². The first-order chi connectivity index (χ1) is 8.47. The van der Waals surface area contributed by atoms with Gasteiger partial charge in [0.15, 0.2) is 5.16 Å². The van der Waals surface area contributed by atoms with E-state index in [0.29, 0.717) is 17.3 Å². The number of hydrogen-bond donors (Lipinski definition) is 3. The minimum atomic E-state index is -0.874. The van der Waals surface area contributed by atoms with Crippen molar-refractivity contribution < 1.29 is 9.90 Å². The summed E-state index contributed by atoms with van der Waals surface area (Å²) in [7, 11) is 1.61. The van der Waals surface area contributed by atoms with Crippen LogP contribution in [0.3, 0.4) is 0 Å². The molecule has 0 amide bonds. The number of aromatic amines is 1. The molecule has 18 heavy (non-hydrogen) atoms. The molecule has 0 saturated carbocycles. The largest absolute Gasteiger partial charge is 0.480 e. The quantitative estimate of drug-likeness (QED) is 0.619. The van der Waals surface area contributed by atoms with Gasteiger partial charge in [-0.2, -0.15) is 0 Å². The van der Waals surface area contributed by atoms with Gasteiger partial charge in [0.1, 0.15) is 6.04 Å². The number of H-pyrrole nitrogens is 1. The number of carbonyl (C=O) groups is 1. The average molecular weight is 274 g/mol. The number of rotatable bonds is 7. The van der Waals surface area contributed by atoms with Crippen LogP contribution in [0, 0.1) is 0 Å². The lowest BCUT2D eigenvalue weighted by molar-refractivity contribution is -0.139. The van der Waals surface area contributed by atoms with Crippen LogP contribution in [0.1, 0.15) is 26.3 Å². The minimum absolute atomic E-state index is 0.0262. The summed E-state index contributed by atoms with van der Waals surface area (Å²) in [5, 5.41) is 18.5. The zero-order valence-electron chi connectivity index (χ0n) is 10.6. The summed E-state index contributed by atoms with van der Waals surface area (Å²) in [6.45, 7) is 3.79. The highest BCUT2D eigenvalue weighted by molar-refractivity contribution is 7.99. The number of nitrogens with one attached hydrogen (secondary N) is 2. The fourth-order valence-electron chi connectivity index (χ4n) is 1.51. The Bertz CT molecular complexity index is 454. The van der Waals surface area contributed by atoms with E-state index in [0.717, 1.165) is 0 Å². The van der Waals surface area contributed by atoms with Gasteiger partial charge in [-0.15, -0.1) is 5.10 Å². The fourth-order valence-corrected chi connectivity index (χ4v) is 2.59. The Kier molecular flexibility index (Phi) is 5.42. The molecule has 1 aromatic rings. The number of thioether (sulfide) groups is 1. The van der Waals surface area contributed by atoms with E-state index in [4.69, 9.17) is 5.11 Å². The van der Waals surface area contributed by atoms with Gasteiger partial charge in [-0.3, -0.25) is 9.36 Å². The van der Waals surface area contributed by atoms with Gasteiger partial charge < -0.3 is 10.4 Å². The molecule has 0 aliphatic heterocycles. The first kappa shape index (κ1) is 14.8. The molecule has 0 saturated heterocycles. The number of carboxylic acids is 1. The van der Waals surface area contributed by atoms with Crippen LogP contribution in [0.5, 0.6) is 0 Å². The second kappa shape index (κ2) is 6.60. The van der Waals surface area contributed by atoms with E-state index in [1.165, 1.54) is 11.8 Å². The molecule has 102 valence electrons. The fraction of sp³-hybridized carbons (Fsp3) is 0.700. The third kappa shape index (κ3) is 3.61. The highest BCUT2D eigenvalue weighted by Gasteiger charge is 2.16. The molecule has 1 aromatic heterocycles. The smallest absolute Gasteiger partial charge is 0.344 e. The van der Waals surface area contributed by atoms with Gasteiger partial charge in [-0.25, -0.2) is 9.89 Å². The molecular formula is C10H18N4O3S. The molecule has 3 N–H and O–H groups in total. The maximum absolute atomic E-state index is 11.5. The summed E-state index contributed by atoms with van der Waals surface area (Å²) in [6.07, 6.45) is 0.468. The van der Waals surface area contributed by atoms with Gasteiger partial charge >= 0.3 is 11.7 Å². The standard InChI is InChI=1S/C10H18N4O3S/c1-6(2)14-9(17)12-13-10(14)18-5-4-7(11-3)8(15)16/h6-7,11H,4-5H2,1-3H3,(H,12,17)(H,15,16). The molecular weight excluding hydrogens is 256 g/mol. The second-order valence-corrected chi connectivity index (χ2v) is 5.15. The van der Waals surface area contributed by atoms with Crippen molar-refractivity contribution in [3.63, 3.8) is 0 Å². The van der Waals surface area contributed by atoms with E-state index in [1.54, 1.807) is 11.6 Å².